The Kier molecular flexibility index (Phi) is 6.74. The van der Waals surface area contributed by atoms with E-state index in [0.29, 0.717) is 16.2 Å². The summed E-state index contributed by atoms with van der Waals surface area (Å²) in [7, 11) is 0. The summed E-state index contributed by atoms with van der Waals surface area (Å²) < 4.78 is 9.03. The molecule has 4 fully saturated rings. The Hall–Kier alpha value is 0.310. The van der Waals surface area contributed by atoms with Crippen LogP contribution in [0.1, 0.15) is 118 Å². The molecular formula is C27H48OS. The molecule has 0 amide bonds. The molecule has 0 aromatic carbocycles. The van der Waals surface area contributed by atoms with Gasteiger partial charge in [-0.2, -0.15) is 0 Å². The molecular weight excluding hydrogens is 372 g/mol. The summed E-state index contributed by atoms with van der Waals surface area (Å²) >= 11 is 1.02. The molecule has 4 aliphatic carbocycles. The molecule has 4 saturated carbocycles. The molecule has 0 bridgehead atoms. The minimum absolute atomic E-state index is 0.439. The van der Waals surface area contributed by atoms with Crippen molar-refractivity contribution in [3.63, 3.8) is 0 Å². The van der Waals surface area contributed by atoms with Gasteiger partial charge in [-0.25, -0.2) is 0 Å². The maximum absolute atomic E-state index is 9.03. The lowest BCUT2D eigenvalue weighted by Crippen LogP contribution is -2.52. The highest BCUT2D eigenvalue weighted by atomic mass is 32.2. The van der Waals surface area contributed by atoms with E-state index >= 15 is 0 Å². The minimum Gasteiger partial charge on any atom is -0.330 e. The molecule has 0 heterocycles. The molecule has 29 heavy (non-hydrogen) atoms. The van der Waals surface area contributed by atoms with Gasteiger partial charge in [0.15, 0.2) is 0 Å². The van der Waals surface area contributed by atoms with Gasteiger partial charge >= 0.3 is 0 Å². The summed E-state index contributed by atoms with van der Waals surface area (Å²) in [5.74, 6) is 6.04. The normalized spacial score (nSPS) is 44.8. The van der Waals surface area contributed by atoms with Crippen LogP contribution in [-0.2, 0) is 0 Å². The van der Waals surface area contributed by atoms with Gasteiger partial charge in [-0.05, 0) is 135 Å². The first-order valence-corrected chi connectivity index (χ1v) is 14.0. The van der Waals surface area contributed by atoms with E-state index in [2.05, 4.69) is 27.7 Å². The van der Waals surface area contributed by atoms with Crippen molar-refractivity contribution in [2.24, 2.45) is 45.8 Å². The first-order valence-electron chi connectivity index (χ1n) is 13.1. The Morgan fingerprint density at radius 1 is 0.862 bits per heavy atom. The van der Waals surface area contributed by atoms with Crippen LogP contribution >= 0.6 is 12.0 Å². The topological polar surface area (TPSA) is 20.2 Å². The lowest BCUT2D eigenvalue weighted by atomic mass is 9.45. The van der Waals surface area contributed by atoms with Crippen molar-refractivity contribution in [1.82, 2.24) is 0 Å². The summed E-state index contributed by atoms with van der Waals surface area (Å²) in [4.78, 5) is 0. The molecule has 0 aliphatic heterocycles. The molecule has 1 nitrogen and oxygen atoms in total. The quantitative estimate of drug-likeness (QED) is 0.328. The van der Waals surface area contributed by atoms with Crippen LogP contribution in [0.15, 0.2) is 0 Å². The van der Waals surface area contributed by atoms with Gasteiger partial charge in [0.25, 0.3) is 0 Å². The predicted octanol–water partition coefficient (Wildman–Crippen LogP) is 8.83. The van der Waals surface area contributed by atoms with Gasteiger partial charge in [0.2, 0.25) is 0 Å². The van der Waals surface area contributed by atoms with E-state index in [4.69, 9.17) is 4.55 Å². The first kappa shape index (κ1) is 22.5. The van der Waals surface area contributed by atoms with Crippen LogP contribution in [0.25, 0.3) is 0 Å². The standard InChI is InChI=1S/C27H48OS/c1-25(2,15-7-19-29-28)17-13-21-10-12-23-22-11-9-20-8-5-6-16-26(20,3)24(22)14-18-27(21,23)4/h20-24,28H,5-19H2,1-4H3. The molecule has 4 aliphatic rings. The van der Waals surface area contributed by atoms with Crippen LogP contribution in [0.5, 0.6) is 0 Å². The van der Waals surface area contributed by atoms with E-state index in [1.165, 1.54) is 70.6 Å². The van der Waals surface area contributed by atoms with Crippen LogP contribution in [0.4, 0.5) is 0 Å². The maximum Gasteiger partial charge on any atom is 0.0195 e. The van der Waals surface area contributed by atoms with Crippen LogP contribution in [0.2, 0.25) is 0 Å². The van der Waals surface area contributed by atoms with Gasteiger partial charge in [0, 0.05) is 5.75 Å². The van der Waals surface area contributed by atoms with Crippen LogP contribution in [0, 0.1) is 45.8 Å². The smallest absolute Gasteiger partial charge is 0.0195 e. The number of fused-ring (bicyclic) bond motifs is 5. The zero-order chi connectivity index (χ0) is 20.7. The van der Waals surface area contributed by atoms with Crippen molar-refractivity contribution >= 4 is 12.0 Å². The first-order chi connectivity index (χ1) is 13.8. The summed E-state index contributed by atoms with van der Waals surface area (Å²) in [5.41, 5.74) is 1.76. The van der Waals surface area contributed by atoms with Crippen molar-refractivity contribution in [2.45, 2.75) is 118 Å². The van der Waals surface area contributed by atoms with Gasteiger partial charge in [-0.15, -0.1) is 0 Å². The second kappa shape index (κ2) is 8.68. The average Bonchev–Trinajstić information content (AvgIpc) is 3.02. The van der Waals surface area contributed by atoms with E-state index < -0.39 is 0 Å². The second-order valence-electron chi connectivity index (χ2n) is 12.9. The van der Waals surface area contributed by atoms with Crippen molar-refractivity contribution in [2.75, 3.05) is 5.75 Å². The van der Waals surface area contributed by atoms with Gasteiger partial charge < -0.3 is 4.55 Å². The van der Waals surface area contributed by atoms with E-state index in [0.717, 1.165) is 53.8 Å². The molecule has 0 radical (unpaired) electrons. The molecule has 0 spiro atoms. The monoisotopic (exact) mass is 420 g/mol. The van der Waals surface area contributed by atoms with Gasteiger partial charge in [-0.1, -0.05) is 40.5 Å². The molecule has 0 saturated heterocycles. The molecule has 2 heteroatoms. The van der Waals surface area contributed by atoms with Gasteiger partial charge in [0.1, 0.15) is 0 Å². The SMILES string of the molecule is CC(C)(CCCSO)CCC1CCC2C3CCC4CCCCC4(C)C3CCC12C. The molecule has 7 atom stereocenters. The van der Waals surface area contributed by atoms with E-state index in [1.807, 2.05) is 0 Å². The Labute approximate surface area is 185 Å². The zero-order valence-corrected chi connectivity index (χ0v) is 20.7. The zero-order valence-electron chi connectivity index (χ0n) is 19.8. The van der Waals surface area contributed by atoms with Crippen LogP contribution in [-0.4, -0.2) is 10.3 Å². The molecule has 7 unspecified atom stereocenters. The Morgan fingerprint density at radius 2 is 1.66 bits per heavy atom. The summed E-state index contributed by atoms with van der Waals surface area (Å²) in [5, 5.41) is 0. The predicted molar refractivity (Wildman–Crippen MR) is 127 cm³/mol. The van der Waals surface area contributed by atoms with Crippen molar-refractivity contribution < 1.29 is 4.55 Å². The number of hydrogen-bond acceptors (Lipinski definition) is 2. The largest absolute Gasteiger partial charge is 0.330 e. The van der Waals surface area contributed by atoms with E-state index in [-0.39, 0.29) is 0 Å². The van der Waals surface area contributed by atoms with Crippen LogP contribution in [0.3, 0.4) is 0 Å². The lowest BCUT2D eigenvalue weighted by molar-refractivity contribution is -0.111. The molecule has 168 valence electrons. The number of rotatable bonds is 7. The van der Waals surface area contributed by atoms with Crippen molar-refractivity contribution in [1.29, 1.82) is 0 Å². The Balaban J connectivity index is 1.40. The third-order valence-electron chi connectivity index (χ3n) is 11.0. The number of hydrogen-bond donors (Lipinski definition) is 1. The molecule has 0 aromatic heterocycles. The van der Waals surface area contributed by atoms with Crippen LogP contribution < -0.4 is 0 Å². The second-order valence-corrected chi connectivity index (χ2v) is 13.5. The maximum atomic E-state index is 9.03. The fraction of sp³-hybridized carbons (Fsp3) is 1.00. The highest BCUT2D eigenvalue weighted by Gasteiger charge is 2.59. The molecule has 1 N–H and O–H groups in total. The Morgan fingerprint density at radius 3 is 2.45 bits per heavy atom. The van der Waals surface area contributed by atoms with E-state index in [9.17, 15) is 0 Å². The van der Waals surface area contributed by atoms with E-state index in [1.54, 1.807) is 12.8 Å². The summed E-state index contributed by atoms with van der Waals surface area (Å²) in [6.07, 6.45) is 20.5. The average molecular weight is 421 g/mol. The fourth-order valence-electron chi connectivity index (χ4n) is 9.18. The van der Waals surface area contributed by atoms with Gasteiger partial charge in [0.05, 0.1) is 0 Å². The molecule has 0 aromatic rings. The lowest BCUT2D eigenvalue weighted by Gasteiger charge is -2.60. The fourth-order valence-corrected chi connectivity index (χ4v) is 9.46. The minimum atomic E-state index is 0.439. The summed E-state index contributed by atoms with van der Waals surface area (Å²) in [6, 6.07) is 0. The highest BCUT2D eigenvalue weighted by Crippen LogP contribution is 2.68. The van der Waals surface area contributed by atoms with Crippen molar-refractivity contribution in [3.05, 3.63) is 0 Å². The third kappa shape index (κ3) is 4.20. The van der Waals surface area contributed by atoms with Crippen molar-refractivity contribution in [3.8, 4) is 0 Å². The molecule has 4 rings (SSSR count). The highest BCUT2D eigenvalue weighted by molar-refractivity contribution is 7.93. The Bertz CT molecular complexity index is 559. The van der Waals surface area contributed by atoms with Gasteiger partial charge in [-0.3, -0.25) is 0 Å². The summed E-state index contributed by atoms with van der Waals surface area (Å²) in [6.45, 7) is 10.4. The third-order valence-corrected chi connectivity index (χ3v) is 11.5.